The highest BCUT2D eigenvalue weighted by molar-refractivity contribution is 7.84. The fourth-order valence-electron chi connectivity index (χ4n) is 3.51. The first-order valence-corrected chi connectivity index (χ1v) is 11.8. The van der Waals surface area contributed by atoms with Crippen molar-refractivity contribution in [3.63, 3.8) is 0 Å². The summed E-state index contributed by atoms with van der Waals surface area (Å²) in [5.74, 6) is 1.96. The first-order chi connectivity index (χ1) is 14.1. The van der Waals surface area contributed by atoms with Crippen LogP contribution in [-0.4, -0.2) is 57.9 Å². The Labute approximate surface area is 176 Å². The third-order valence-corrected chi connectivity index (χ3v) is 6.22. The molecule has 1 aromatic heterocycles. The third-order valence-electron chi connectivity index (χ3n) is 4.92. The fraction of sp³-hybridized carbons (Fsp3) is 0.524. The molecule has 0 amide bonds. The van der Waals surface area contributed by atoms with Gasteiger partial charge in [0.05, 0.1) is 18.4 Å². The van der Waals surface area contributed by atoms with Crippen LogP contribution in [-0.2, 0) is 23.6 Å². The van der Waals surface area contributed by atoms with Crippen LogP contribution in [0.25, 0.3) is 0 Å². The second kappa shape index (κ2) is 11.0. The second-order valence-corrected chi connectivity index (χ2v) is 8.91. The van der Waals surface area contributed by atoms with E-state index in [0.29, 0.717) is 24.1 Å². The van der Waals surface area contributed by atoms with Gasteiger partial charge in [0.15, 0.2) is 5.96 Å². The van der Waals surface area contributed by atoms with E-state index in [1.54, 1.807) is 0 Å². The highest BCUT2D eigenvalue weighted by atomic mass is 32.2. The van der Waals surface area contributed by atoms with Gasteiger partial charge in [-0.2, -0.15) is 5.10 Å². The second-order valence-electron chi connectivity index (χ2n) is 7.34. The zero-order chi connectivity index (χ0) is 20.5. The number of aryl methyl sites for hydroxylation is 1. The summed E-state index contributed by atoms with van der Waals surface area (Å²) in [4.78, 5) is 7.03. The molecule has 1 aliphatic rings. The minimum atomic E-state index is -0.907. The molecule has 0 aliphatic carbocycles. The van der Waals surface area contributed by atoms with E-state index < -0.39 is 10.8 Å². The summed E-state index contributed by atoms with van der Waals surface area (Å²) in [5, 5.41) is 11.2. The van der Waals surface area contributed by atoms with Gasteiger partial charge in [-0.05, 0) is 25.3 Å². The van der Waals surface area contributed by atoms with Crippen molar-refractivity contribution < 1.29 is 4.21 Å². The molecule has 0 saturated carbocycles. The summed E-state index contributed by atoms with van der Waals surface area (Å²) in [5.41, 5.74) is 2.27. The summed E-state index contributed by atoms with van der Waals surface area (Å²) in [6, 6.07) is 10.3. The van der Waals surface area contributed by atoms with Gasteiger partial charge in [-0.15, -0.1) is 0 Å². The first-order valence-electron chi connectivity index (χ1n) is 10.3. The molecule has 7 nitrogen and oxygen atoms in total. The molecule has 2 atom stereocenters. The van der Waals surface area contributed by atoms with Gasteiger partial charge in [0.2, 0.25) is 0 Å². The molecular weight excluding hydrogens is 384 g/mol. The molecule has 2 heterocycles. The Morgan fingerprint density at radius 2 is 2.17 bits per heavy atom. The molecule has 158 valence electrons. The number of benzene rings is 1. The van der Waals surface area contributed by atoms with Gasteiger partial charge < -0.3 is 15.5 Å². The van der Waals surface area contributed by atoms with Gasteiger partial charge in [-0.25, -0.2) is 0 Å². The van der Waals surface area contributed by atoms with Gasteiger partial charge in [0, 0.05) is 61.2 Å². The Balaban J connectivity index is 1.50. The molecule has 0 bridgehead atoms. The van der Waals surface area contributed by atoms with E-state index >= 15 is 0 Å². The molecule has 1 saturated heterocycles. The molecule has 1 aromatic carbocycles. The van der Waals surface area contributed by atoms with Gasteiger partial charge in [-0.3, -0.25) is 13.9 Å². The van der Waals surface area contributed by atoms with Gasteiger partial charge in [-0.1, -0.05) is 30.3 Å². The number of nitrogens with one attached hydrogen (secondary N) is 2. The van der Waals surface area contributed by atoms with Crippen molar-refractivity contribution in [1.82, 2.24) is 20.4 Å². The number of guanidine groups is 1. The van der Waals surface area contributed by atoms with Crippen LogP contribution in [0.4, 0.5) is 5.69 Å². The van der Waals surface area contributed by atoms with Crippen LogP contribution in [0.5, 0.6) is 0 Å². The lowest BCUT2D eigenvalue weighted by Gasteiger charge is -2.34. The Hall–Kier alpha value is -2.35. The molecule has 8 heteroatoms. The molecule has 2 unspecified atom stereocenters. The highest BCUT2D eigenvalue weighted by Crippen LogP contribution is 2.18. The normalized spacial score (nSPS) is 18.5. The molecule has 0 spiro atoms. The number of nitrogens with zero attached hydrogens (tertiary/aromatic N) is 4. The van der Waals surface area contributed by atoms with E-state index in [4.69, 9.17) is 0 Å². The Bertz CT molecular complexity index is 807. The summed E-state index contributed by atoms with van der Waals surface area (Å²) >= 11 is 0. The van der Waals surface area contributed by atoms with E-state index in [-0.39, 0.29) is 0 Å². The molecule has 2 aromatic rings. The summed E-state index contributed by atoms with van der Waals surface area (Å²) in [7, 11) is 1.04. The lowest BCUT2D eigenvalue weighted by Crippen LogP contribution is -2.51. The third kappa shape index (κ3) is 6.88. The number of aromatic nitrogens is 2. The lowest BCUT2D eigenvalue weighted by molar-refractivity contribution is 0.468. The van der Waals surface area contributed by atoms with Crippen molar-refractivity contribution in [2.45, 2.75) is 31.6 Å². The largest absolute Gasteiger partial charge is 0.367 e. The smallest absolute Gasteiger partial charge is 0.191 e. The van der Waals surface area contributed by atoms with Crippen LogP contribution in [0, 0.1) is 0 Å². The number of anilines is 1. The summed E-state index contributed by atoms with van der Waals surface area (Å²) in [6.45, 7) is 5.39. The maximum atomic E-state index is 12.3. The van der Waals surface area contributed by atoms with E-state index in [0.717, 1.165) is 49.7 Å². The number of hydrogen-bond donors (Lipinski definition) is 2. The molecular formula is C21H32N6OS. The minimum Gasteiger partial charge on any atom is -0.367 e. The minimum absolute atomic E-state index is 0.330. The maximum Gasteiger partial charge on any atom is 0.191 e. The predicted molar refractivity (Wildman–Crippen MR) is 121 cm³/mol. The SMILES string of the molecule is CCNC(=NCCS(=O)Cc1ccccc1)NC1CCCN(c2cnn(C)c2)C1. The van der Waals surface area contributed by atoms with Crippen molar-refractivity contribution in [2.24, 2.45) is 12.0 Å². The van der Waals surface area contributed by atoms with Crippen LogP contribution in [0.15, 0.2) is 47.7 Å². The van der Waals surface area contributed by atoms with Crippen LogP contribution in [0.3, 0.4) is 0 Å². The Morgan fingerprint density at radius 1 is 1.34 bits per heavy atom. The van der Waals surface area contributed by atoms with Crippen molar-refractivity contribution >= 4 is 22.4 Å². The number of rotatable bonds is 8. The van der Waals surface area contributed by atoms with Crippen molar-refractivity contribution in [2.75, 3.05) is 36.8 Å². The van der Waals surface area contributed by atoms with Crippen LogP contribution in [0.1, 0.15) is 25.3 Å². The topological polar surface area (TPSA) is 74.6 Å². The quantitative estimate of drug-likeness (QED) is 0.508. The van der Waals surface area contributed by atoms with E-state index in [1.807, 2.05) is 48.3 Å². The summed E-state index contributed by atoms with van der Waals surface area (Å²) < 4.78 is 14.2. The number of piperidine rings is 1. The predicted octanol–water partition coefficient (Wildman–Crippen LogP) is 1.89. The van der Waals surface area contributed by atoms with E-state index in [1.165, 1.54) is 0 Å². The van der Waals surface area contributed by atoms with Gasteiger partial charge in [0.1, 0.15) is 0 Å². The maximum absolute atomic E-state index is 12.3. The number of hydrogen-bond acceptors (Lipinski definition) is 4. The van der Waals surface area contributed by atoms with Crippen LogP contribution < -0.4 is 15.5 Å². The zero-order valence-electron chi connectivity index (χ0n) is 17.4. The molecule has 3 rings (SSSR count). The summed E-state index contributed by atoms with van der Waals surface area (Å²) in [6.07, 6.45) is 6.22. The zero-order valence-corrected chi connectivity index (χ0v) is 18.2. The van der Waals surface area contributed by atoms with Crippen LogP contribution in [0.2, 0.25) is 0 Å². The van der Waals surface area contributed by atoms with Gasteiger partial charge >= 0.3 is 0 Å². The molecule has 1 aliphatic heterocycles. The van der Waals surface area contributed by atoms with Crippen molar-refractivity contribution in [3.05, 3.63) is 48.3 Å². The molecule has 1 fully saturated rings. The van der Waals surface area contributed by atoms with E-state index in [2.05, 4.69) is 38.7 Å². The highest BCUT2D eigenvalue weighted by Gasteiger charge is 2.21. The standard InChI is InChI=1S/C21H32N6OS/c1-3-22-21(23-11-13-29(28)17-18-8-5-4-6-9-18)25-19-10-7-12-27(15-19)20-14-24-26(2)16-20/h4-6,8-9,14,16,19H,3,7,10-13,15,17H2,1-2H3,(H2,22,23,25). The molecule has 29 heavy (non-hydrogen) atoms. The van der Waals surface area contributed by atoms with Crippen molar-refractivity contribution in [1.29, 1.82) is 0 Å². The first kappa shape index (κ1) is 21.4. The van der Waals surface area contributed by atoms with Crippen molar-refractivity contribution in [3.8, 4) is 0 Å². The fourth-order valence-corrected chi connectivity index (χ4v) is 4.51. The molecule has 2 N–H and O–H groups in total. The van der Waals surface area contributed by atoms with Crippen LogP contribution >= 0.6 is 0 Å². The average Bonchev–Trinajstić information content (AvgIpc) is 3.15. The molecule has 0 radical (unpaired) electrons. The van der Waals surface area contributed by atoms with E-state index in [9.17, 15) is 4.21 Å². The lowest BCUT2D eigenvalue weighted by atomic mass is 10.1. The average molecular weight is 417 g/mol. The Morgan fingerprint density at radius 3 is 2.90 bits per heavy atom. The van der Waals surface area contributed by atoms with Gasteiger partial charge in [0.25, 0.3) is 0 Å². The monoisotopic (exact) mass is 416 g/mol. The number of aliphatic imine (C=N–C) groups is 1. The Kier molecular flexibility index (Phi) is 8.10.